The first-order valence-corrected chi connectivity index (χ1v) is 6.10. The molecule has 0 aromatic carbocycles. The molecule has 2 heterocycles. The van der Waals surface area contributed by atoms with Gasteiger partial charge in [0.25, 0.3) is 0 Å². The number of urea groups is 1. The molecule has 2 aromatic rings. The minimum atomic E-state index is -0.141. The molecule has 86 valence electrons. The Morgan fingerprint density at radius 3 is 3.19 bits per heavy atom. The van der Waals surface area contributed by atoms with Crippen molar-refractivity contribution in [2.45, 2.75) is 19.9 Å². The second-order valence-electron chi connectivity index (χ2n) is 3.43. The van der Waals surface area contributed by atoms with Crippen LogP contribution in [0.15, 0.2) is 17.8 Å². The SMILES string of the molecule is CCCNC(=O)NCc1cn2ccsc2n1. The molecule has 0 aliphatic carbocycles. The van der Waals surface area contributed by atoms with E-state index in [0.717, 1.165) is 17.1 Å². The third-order valence-electron chi connectivity index (χ3n) is 2.11. The van der Waals surface area contributed by atoms with Gasteiger partial charge in [-0.15, -0.1) is 11.3 Å². The zero-order chi connectivity index (χ0) is 11.4. The summed E-state index contributed by atoms with van der Waals surface area (Å²) in [6.45, 7) is 3.18. The summed E-state index contributed by atoms with van der Waals surface area (Å²) in [6, 6.07) is -0.141. The van der Waals surface area contributed by atoms with Gasteiger partial charge in [-0.2, -0.15) is 0 Å². The molecule has 2 rings (SSSR count). The van der Waals surface area contributed by atoms with E-state index in [1.807, 2.05) is 29.1 Å². The van der Waals surface area contributed by atoms with Gasteiger partial charge in [-0.3, -0.25) is 4.40 Å². The quantitative estimate of drug-likeness (QED) is 0.850. The zero-order valence-electron chi connectivity index (χ0n) is 9.06. The van der Waals surface area contributed by atoms with Gasteiger partial charge in [0.15, 0.2) is 4.96 Å². The number of hydrogen-bond donors (Lipinski definition) is 2. The highest BCUT2D eigenvalue weighted by atomic mass is 32.1. The highest BCUT2D eigenvalue weighted by Crippen LogP contribution is 2.10. The lowest BCUT2D eigenvalue weighted by Crippen LogP contribution is -2.35. The number of thiazole rings is 1. The molecule has 0 aliphatic heterocycles. The fourth-order valence-corrected chi connectivity index (χ4v) is 2.05. The number of imidazole rings is 1. The van der Waals surface area contributed by atoms with Crippen LogP contribution in [-0.4, -0.2) is 22.0 Å². The number of amides is 2. The molecule has 0 unspecified atom stereocenters. The Hall–Kier alpha value is -1.56. The van der Waals surface area contributed by atoms with Gasteiger partial charge in [0.05, 0.1) is 12.2 Å². The summed E-state index contributed by atoms with van der Waals surface area (Å²) in [7, 11) is 0. The number of hydrogen-bond acceptors (Lipinski definition) is 3. The molecule has 0 atom stereocenters. The molecule has 6 heteroatoms. The van der Waals surface area contributed by atoms with Gasteiger partial charge in [-0.25, -0.2) is 9.78 Å². The molecule has 0 spiro atoms. The molecule has 0 fully saturated rings. The van der Waals surface area contributed by atoms with Crippen molar-refractivity contribution in [2.24, 2.45) is 0 Å². The van der Waals surface area contributed by atoms with Crippen molar-refractivity contribution < 1.29 is 4.79 Å². The van der Waals surface area contributed by atoms with Gasteiger partial charge in [0, 0.05) is 24.3 Å². The van der Waals surface area contributed by atoms with Crippen LogP contribution < -0.4 is 10.6 Å². The Balaban J connectivity index is 1.86. The van der Waals surface area contributed by atoms with E-state index in [4.69, 9.17) is 0 Å². The maximum atomic E-state index is 11.3. The summed E-state index contributed by atoms with van der Waals surface area (Å²) < 4.78 is 1.95. The van der Waals surface area contributed by atoms with Crippen molar-refractivity contribution in [1.29, 1.82) is 0 Å². The molecule has 0 bridgehead atoms. The number of carbonyl (C=O) groups is 1. The average molecular weight is 238 g/mol. The molecule has 0 radical (unpaired) electrons. The molecule has 0 saturated carbocycles. The van der Waals surface area contributed by atoms with Crippen LogP contribution in [0.5, 0.6) is 0 Å². The van der Waals surface area contributed by atoms with E-state index in [2.05, 4.69) is 15.6 Å². The Kier molecular flexibility index (Phi) is 3.40. The number of nitrogens with zero attached hydrogens (tertiary/aromatic N) is 2. The number of rotatable bonds is 4. The van der Waals surface area contributed by atoms with Gasteiger partial charge in [-0.05, 0) is 6.42 Å². The van der Waals surface area contributed by atoms with Gasteiger partial charge in [0.1, 0.15) is 0 Å². The highest BCUT2D eigenvalue weighted by Gasteiger charge is 2.04. The van der Waals surface area contributed by atoms with Crippen molar-refractivity contribution in [1.82, 2.24) is 20.0 Å². The standard InChI is InChI=1S/C10H14N4OS/c1-2-3-11-9(15)12-6-8-7-14-4-5-16-10(14)13-8/h4-5,7H,2-3,6H2,1H3,(H2,11,12,15). The molecular formula is C10H14N4OS. The van der Waals surface area contributed by atoms with E-state index in [1.54, 1.807) is 11.3 Å². The van der Waals surface area contributed by atoms with E-state index in [1.165, 1.54) is 0 Å². The number of nitrogens with one attached hydrogen (secondary N) is 2. The van der Waals surface area contributed by atoms with E-state index in [9.17, 15) is 4.79 Å². The Morgan fingerprint density at radius 1 is 1.56 bits per heavy atom. The summed E-state index contributed by atoms with van der Waals surface area (Å²) >= 11 is 1.58. The van der Waals surface area contributed by atoms with Crippen LogP contribution in [0.1, 0.15) is 19.0 Å². The average Bonchev–Trinajstić information content (AvgIpc) is 2.83. The topological polar surface area (TPSA) is 58.4 Å². The highest BCUT2D eigenvalue weighted by molar-refractivity contribution is 7.15. The molecule has 16 heavy (non-hydrogen) atoms. The monoisotopic (exact) mass is 238 g/mol. The summed E-state index contributed by atoms with van der Waals surface area (Å²) in [5.41, 5.74) is 0.874. The first kappa shape index (κ1) is 10.9. The molecular weight excluding hydrogens is 224 g/mol. The lowest BCUT2D eigenvalue weighted by Gasteiger charge is -2.04. The second-order valence-corrected chi connectivity index (χ2v) is 4.31. The summed E-state index contributed by atoms with van der Waals surface area (Å²) in [4.78, 5) is 16.6. The second kappa shape index (κ2) is 4.98. The molecule has 0 aliphatic rings. The van der Waals surface area contributed by atoms with Gasteiger partial charge in [-0.1, -0.05) is 6.92 Å². The van der Waals surface area contributed by atoms with Crippen LogP contribution >= 0.6 is 11.3 Å². The van der Waals surface area contributed by atoms with Crippen LogP contribution in [-0.2, 0) is 6.54 Å². The van der Waals surface area contributed by atoms with Gasteiger partial charge < -0.3 is 10.6 Å². The van der Waals surface area contributed by atoms with Crippen molar-refractivity contribution in [3.05, 3.63) is 23.5 Å². The van der Waals surface area contributed by atoms with E-state index >= 15 is 0 Å². The third-order valence-corrected chi connectivity index (χ3v) is 2.88. The molecule has 5 nitrogen and oxygen atoms in total. The lowest BCUT2D eigenvalue weighted by molar-refractivity contribution is 0.240. The van der Waals surface area contributed by atoms with Crippen molar-refractivity contribution in [3.63, 3.8) is 0 Å². The number of carbonyl (C=O) groups excluding carboxylic acids is 1. The maximum absolute atomic E-state index is 11.3. The summed E-state index contributed by atoms with van der Waals surface area (Å²) in [6.07, 6.45) is 4.81. The van der Waals surface area contributed by atoms with Crippen LogP contribution in [0.4, 0.5) is 4.79 Å². The Morgan fingerprint density at radius 2 is 2.44 bits per heavy atom. The molecule has 2 amide bonds. The maximum Gasteiger partial charge on any atom is 0.315 e. The van der Waals surface area contributed by atoms with Crippen molar-refractivity contribution in [2.75, 3.05) is 6.54 Å². The largest absolute Gasteiger partial charge is 0.338 e. The van der Waals surface area contributed by atoms with Crippen molar-refractivity contribution in [3.8, 4) is 0 Å². The van der Waals surface area contributed by atoms with E-state index < -0.39 is 0 Å². The van der Waals surface area contributed by atoms with Crippen molar-refractivity contribution >= 4 is 22.3 Å². The number of fused-ring (bicyclic) bond motifs is 1. The minimum absolute atomic E-state index is 0.141. The third kappa shape index (κ3) is 2.52. The molecule has 2 aromatic heterocycles. The Bertz CT molecular complexity index is 447. The minimum Gasteiger partial charge on any atom is -0.338 e. The zero-order valence-corrected chi connectivity index (χ0v) is 9.88. The summed E-state index contributed by atoms with van der Waals surface area (Å²) in [5.74, 6) is 0. The predicted octanol–water partition coefficient (Wildman–Crippen LogP) is 1.60. The van der Waals surface area contributed by atoms with E-state index in [0.29, 0.717) is 13.1 Å². The molecule has 0 saturated heterocycles. The van der Waals surface area contributed by atoms with Crippen LogP contribution in [0, 0.1) is 0 Å². The fourth-order valence-electron chi connectivity index (χ4n) is 1.33. The smallest absolute Gasteiger partial charge is 0.315 e. The Labute approximate surface area is 97.5 Å². The van der Waals surface area contributed by atoms with E-state index in [-0.39, 0.29) is 6.03 Å². The number of aromatic nitrogens is 2. The first-order chi connectivity index (χ1) is 7.79. The van der Waals surface area contributed by atoms with Gasteiger partial charge >= 0.3 is 6.03 Å². The van der Waals surface area contributed by atoms with Crippen LogP contribution in [0.25, 0.3) is 4.96 Å². The van der Waals surface area contributed by atoms with Crippen LogP contribution in [0.2, 0.25) is 0 Å². The summed E-state index contributed by atoms with van der Waals surface area (Å²) in [5, 5.41) is 7.49. The van der Waals surface area contributed by atoms with Crippen LogP contribution in [0.3, 0.4) is 0 Å². The predicted molar refractivity (Wildman–Crippen MR) is 63.6 cm³/mol. The normalized spacial score (nSPS) is 10.6. The van der Waals surface area contributed by atoms with Gasteiger partial charge in [0.2, 0.25) is 0 Å². The lowest BCUT2D eigenvalue weighted by atomic mass is 10.4. The fraction of sp³-hybridized carbons (Fsp3) is 0.400. The molecule has 2 N–H and O–H groups in total. The first-order valence-electron chi connectivity index (χ1n) is 5.22.